The molecule has 7 nitrogen and oxygen atoms in total. The second-order valence-electron chi connectivity index (χ2n) is 7.13. The molecule has 134 valence electrons. The van der Waals surface area contributed by atoms with E-state index in [0.717, 1.165) is 31.3 Å². The molecule has 1 saturated heterocycles. The summed E-state index contributed by atoms with van der Waals surface area (Å²) < 4.78 is 0. The normalized spacial score (nSPS) is 16.1. The van der Waals surface area contributed by atoms with Crippen LogP contribution in [0.3, 0.4) is 0 Å². The molecule has 2 heterocycles. The Kier molecular flexibility index (Phi) is 6.17. The van der Waals surface area contributed by atoms with Crippen LogP contribution in [-0.2, 0) is 9.59 Å². The highest BCUT2D eigenvalue weighted by molar-refractivity contribution is 7.13. The Hall–Kier alpha value is -1.67. The molecule has 0 atom stereocenters. The van der Waals surface area contributed by atoms with Crippen molar-refractivity contribution in [3.63, 3.8) is 0 Å². The quantitative estimate of drug-likeness (QED) is 0.841. The van der Waals surface area contributed by atoms with Crippen LogP contribution in [0.2, 0.25) is 0 Å². The van der Waals surface area contributed by atoms with Gasteiger partial charge in [0, 0.05) is 50.3 Å². The van der Waals surface area contributed by atoms with Crippen molar-refractivity contribution >= 4 is 28.3 Å². The highest BCUT2D eigenvalue weighted by atomic mass is 32.1. The average molecular weight is 353 g/mol. The lowest BCUT2D eigenvalue weighted by Crippen LogP contribution is -2.51. The predicted molar refractivity (Wildman–Crippen MR) is 96.3 cm³/mol. The second kappa shape index (κ2) is 7.94. The van der Waals surface area contributed by atoms with E-state index < -0.39 is 0 Å². The lowest BCUT2D eigenvalue weighted by atomic mass is 10.1. The number of likely N-dealkylation sites (N-methyl/N-ethyl adjacent to an activating group) is 1. The van der Waals surface area contributed by atoms with Crippen molar-refractivity contribution in [3.05, 3.63) is 11.6 Å². The molecule has 24 heavy (non-hydrogen) atoms. The van der Waals surface area contributed by atoms with Gasteiger partial charge in [0.2, 0.25) is 11.8 Å². The van der Waals surface area contributed by atoms with Crippen LogP contribution in [0.25, 0.3) is 0 Å². The molecule has 0 unspecified atom stereocenters. The fraction of sp³-hybridized carbons (Fsp3) is 0.688. The Morgan fingerprint density at radius 3 is 2.50 bits per heavy atom. The lowest BCUT2D eigenvalue weighted by Gasteiger charge is -2.34. The number of aromatic nitrogens is 1. The van der Waals surface area contributed by atoms with Crippen molar-refractivity contribution in [3.8, 4) is 0 Å². The van der Waals surface area contributed by atoms with E-state index in [2.05, 4.69) is 20.1 Å². The summed E-state index contributed by atoms with van der Waals surface area (Å²) >= 11 is 1.64. The van der Waals surface area contributed by atoms with E-state index in [-0.39, 0.29) is 23.9 Å². The van der Waals surface area contributed by atoms with Crippen molar-refractivity contribution in [1.82, 2.24) is 20.1 Å². The zero-order valence-electron chi connectivity index (χ0n) is 14.9. The summed E-state index contributed by atoms with van der Waals surface area (Å²) in [6.07, 6.45) is 1.81. The summed E-state index contributed by atoms with van der Waals surface area (Å²) in [5, 5.41) is 5.88. The van der Waals surface area contributed by atoms with Gasteiger partial charge in [0.1, 0.15) is 0 Å². The predicted octanol–water partition coefficient (Wildman–Crippen LogP) is 0.638. The van der Waals surface area contributed by atoms with Crippen LogP contribution in [0.1, 0.15) is 20.8 Å². The van der Waals surface area contributed by atoms with Crippen molar-refractivity contribution in [2.24, 2.45) is 0 Å². The standard InChI is InChI=1S/C16H27N5O2S/c1-16(2,3)18-13(22)11-19(4)14(23)12-20-6-8-21(9-7-20)15-17-5-10-24-15/h5,10H,6-9,11-12H2,1-4H3,(H,18,22). The molecule has 0 saturated carbocycles. The highest BCUT2D eigenvalue weighted by Gasteiger charge is 2.23. The molecule has 1 fully saturated rings. The third-order valence-electron chi connectivity index (χ3n) is 3.74. The topological polar surface area (TPSA) is 68.8 Å². The van der Waals surface area contributed by atoms with E-state index in [4.69, 9.17) is 0 Å². The van der Waals surface area contributed by atoms with Gasteiger partial charge < -0.3 is 15.1 Å². The molecule has 2 rings (SSSR count). The van der Waals surface area contributed by atoms with Gasteiger partial charge >= 0.3 is 0 Å². The molecule has 0 spiro atoms. The Balaban J connectivity index is 1.73. The minimum absolute atomic E-state index is 0.0262. The number of thiazole rings is 1. The maximum Gasteiger partial charge on any atom is 0.240 e. The summed E-state index contributed by atoms with van der Waals surface area (Å²) in [6, 6.07) is 0. The number of hydrogen-bond acceptors (Lipinski definition) is 6. The van der Waals surface area contributed by atoms with E-state index >= 15 is 0 Å². The maximum atomic E-state index is 12.3. The van der Waals surface area contributed by atoms with Crippen LogP contribution in [0.4, 0.5) is 5.13 Å². The lowest BCUT2D eigenvalue weighted by molar-refractivity contribution is -0.136. The van der Waals surface area contributed by atoms with Gasteiger partial charge in [-0.25, -0.2) is 4.98 Å². The van der Waals surface area contributed by atoms with Gasteiger partial charge in [0.05, 0.1) is 13.1 Å². The number of nitrogens with zero attached hydrogens (tertiary/aromatic N) is 4. The smallest absolute Gasteiger partial charge is 0.240 e. The third kappa shape index (κ3) is 5.76. The Bertz CT molecular complexity index is 547. The largest absolute Gasteiger partial charge is 0.350 e. The van der Waals surface area contributed by atoms with Gasteiger partial charge in [-0.05, 0) is 20.8 Å². The van der Waals surface area contributed by atoms with E-state index in [0.29, 0.717) is 6.54 Å². The van der Waals surface area contributed by atoms with Crippen LogP contribution in [0.15, 0.2) is 11.6 Å². The third-order valence-corrected chi connectivity index (χ3v) is 4.57. The molecule has 1 aliphatic heterocycles. The summed E-state index contributed by atoms with van der Waals surface area (Å²) in [7, 11) is 1.68. The Morgan fingerprint density at radius 2 is 1.96 bits per heavy atom. The molecule has 1 aliphatic rings. The van der Waals surface area contributed by atoms with Crippen LogP contribution in [0.5, 0.6) is 0 Å². The fourth-order valence-corrected chi connectivity index (χ4v) is 3.24. The van der Waals surface area contributed by atoms with Gasteiger partial charge in [-0.1, -0.05) is 0 Å². The van der Waals surface area contributed by atoms with Gasteiger partial charge in [-0.2, -0.15) is 0 Å². The number of amides is 2. The first-order valence-electron chi connectivity index (χ1n) is 8.16. The summed E-state index contributed by atoms with van der Waals surface area (Å²) in [5.41, 5.74) is -0.285. The Morgan fingerprint density at radius 1 is 1.29 bits per heavy atom. The van der Waals surface area contributed by atoms with Gasteiger partial charge in [-0.15, -0.1) is 11.3 Å². The number of carbonyl (C=O) groups is 2. The zero-order valence-corrected chi connectivity index (χ0v) is 15.7. The van der Waals surface area contributed by atoms with Crippen LogP contribution >= 0.6 is 11.3 Å². The van der Waals surface area contributed by atoms with Crippen molar-refractivity contribution < 1.29 is 9.59 Å². The molecule has 0 bridgehead atoms. The minimum Gasteiger partial charge on any atom is -0.350 e. The Labute approximate surface area is 147 Å². The first-order valence-corrected chi connectivity index (χ1v) is 9.04. The second-order valence-corrected chi connectivity index (χ2v) is 8.00. The minimum atomic E-state index is -0.285. The number of nitrogens with one attached hydrogen (secondary N) is 1. The summed E-state index contributed by atoms with van der Waals surface area (Å²) in [4.78, 5) is 34.4. The summed E-state index contributed by atoms with van der Waals surface area (Å²) in [6.45, 7) is 9.61. The van der Waals surface area contributed by atoms with Gasteiger partial charge in [-0.3, -0.25) is 14.5 Å². The van der Waals surface area contributed by atoms with Crippen molar-refractivity contribution in [2.45, 2.75) is 26.3 Å². The molecular formula is C16H27N5O2S. The molecule has 1 aromatic heterocycles. The maximum absolute atomic E-state index is 12.3. The van der Waals surface area contributed by atoms with Crippen LogP contribution < -0.4 is 10.2 Å². The molecule has 1 N–H and O–H groups in total. The zero-order chi connectivity index (χ0) is 17.7. The number of piperazine rings is 1. The monoisotopic (exact) mass is 353 g/mol. The summed E-state index contributed by atoms with van der Waals surface area (Å²) in [5.74, 6) is -0.159. The number of hydrogen-bond donors (Lipinski definition) is 1. The first kappa shape index (κ1) is 18.7. The number of rotatable bonds is 5. The van der Waals surface area contributed by atoms with Crippen LogP contribution in [-0.4, -0.2) is 78.5 Å². The molecule has 0 aliphatic carbocycles. The van der Waals surface area contributed by atoms with Crippen LogP contribution in [0, 0.1) is 0 Å². The van der Waals surface area contributed by atoms with E-state index in [1.54, 1.807) is 18.4 Å². The van der Waals surface area contributed by atoms with Crippen molar-refractivity contribution in [2.75, 3.05) is 51.2 Å². The van der Waals surface area contributed by atoms with E-state index in [1.165, 1.54) is 4.90 Å². The molecule has 2 amide bonds. The van der Waals surface area contributed by atoms with E-state index in [9.17, 15) is 9.59 Å². The van der Waals surface area contributed by atoms with E-state index in [1.807, 2.05) is 32.3 Å². The number of anilines is 1. The SMILES string of the molecule is CN(CC(=O)NC(C)(C)C)C(=O)CN1CCN(c2nccs2)CC1. The van der Waals surface area contributed by atoms with Gasteiger partial charge in [0.25, 0.3) is 0 Å². The number of carbonyl (C=O) groups excluding carboxylic acids is 2. The molecule has 0 radical (unpaired) electrons. The molecule has 8 heteroatoms. The average Bonchev–Trinajstić information content (AvgIpc) is 3.00. The molecular weight excluding hydrogens is 326 g/mol. The van der Waals surface area contributed by atoms with Gasteiger partial charge in [0.15, 0.2) is 5.13 Å². The fourth-order valence-electron chi connectivity index (χ4n) is 2.54. The molecule has 0 aromatic carbocycles. The highest BCUT2D eigenvalue weighted by Crippen LogP contribution is 2.18. The molecule has 1 aromatic rings. The first-order chi connectivity index (χ1) is 11.2. The van der Waals surface area contributed by atoms with Crippen molar-refractivity contribution in [1.29, 1.82) is 0 Å².